The molecule has 0 saturated heterocycles. The predicted octanol–water partition coefficient (Wildman–Crippen LogP) is 0.212. The minimum Gasteiger partial charge on any atom is -0.392 e. The van der Waals surface area contributed by atoms with Gasteiger partial charge >= 0.3 is 0 Å². The van der Waals surface area contributed by atoms with Crippen molar-refractivity contribution < 1.29 is 18.3 Å². The summed E-state index contributed by atoms with van der Waals surface area (Å²) >= 11 is 0. The Labute approximate surface area is 93.4 Å². The molecule has 5 nitrogen and oxygen atoms in total. The first-order chi connectivity index (χ1) is 7.44. The first kappa shape index (κ1) is 11.1. The summed E-state index contributed by atoms with van der Waals surface area (Å²) in [6.07, 6.45) is -0.881. The van der Waals surface area contributed by atoms with Crippen LogP contribution in [0.5, 0.6) is 0 Å². The maximum absolute atomic E-state index is 11.9. The maximum Gasteiger partial charge on any atom is 0.269 e. The number of hydrogen-bond donors (Lipinski definition) is 1. The van der Waals surface area contributed by atoms with E-state index in [-0.39, 0.29) is 17.0 Å². The lowest BCUT2D eigenvalue weighted by Crippen LogP contribution is -2.35. The van der Waals surface area contributed by atoms with Crippen LogP contribution in [-0.4, -0.2) is 36.4 Å². The third-order valence-electron chi connectivity index (χ3n) is 2.34. The Morgan fingerprint density at radius 2 is 2.00 bits per heavy atom. The number of fused-ring (bicyclic) bond motifs is 1. The molecule has 1 heterocycles. The summed E-state index contributed by atoms with van der Waals surface area (Å²) in [5, 5.41) is 9.18. The molecular formula is C10H11NO4S. The van der Waals surface area contributed by atoms with Gasteiger partial charge in [-0.15, -0.1) is 0 Å². The molecule has 0 spiro atoms. The van der Waals surface area contributed by atoms with Crippen LogP contribution in [0.1, 0.15) is 17.3 Å². The summed E-state index contributed by atoms with van der Waals surface area (Å²) in [6, 6.07) is 6.04. The lowest BCUT2D eigenvalue weighted by Gasteiger charge is -2.16. The summed E-state index contributed by atoms with van der Waals surface area (Å²) in [7, 11) is -3.77. The van der Waals surface area contributed by atoms with Crippen LogP contribution in [0.3, 0.4) is 0 Å². The molecule has 1 atom stereocenters. The number of carbonyl (C=O) groups excluding carboxylic acids is 1. The highest BCUT2D eigenvalue weighted by Gasteiger charge is 2.40. The van der Waals surface area contributed by atoms with Crippen LogP contribution < -0.4 is 0 Å². The standard InChI is InChI=1S/C10H11NO4S/c1-7(12)6-11-10(13)8-4-2-3-5-9(8)16(11,14)15/h2-5,7,12H,6H2,1H3. The van der Waals surface area contributed by atoms with E-state index in [0.717, 1.165) is 0 Å². The molecule has 6 heteroatoms. The molecule has 0 aromatic heterocycles. The number of aliphatic hydroxyl groups excluding tert-OH is 1. The fourth-order valence-corrected chi connectivity index (χ4v) is 3.30. The molecule has 86 valence electrons. The molecule has 16 heavy (non-hydrogen) atoms. The normalized spacial score (nSPS) is 19.6. The van der Waals surface area contributed by atoms with Gasteiger partial charge in [-0.3, -0.25) is 4.79 Å². The molecule has 1 unspecified atom stereocenters. The summed E-state index contributed by atoms with van der Waals surface area (Å²) in [5.41, 5.74) is 0.170. The molecule has 1 aromatic carbocycles. The van der Waals surface area contributed by atoms with Gasteiger partial charge in [0.05, 0.1) is 18.2 Å². The summed E-state index contributed by atoms with van der Waals surface area (Å²) in [5.74, 6) is -0.573. The average molecular weight is 241 g/mol. The van der Waals surface area contributed by atoms with Crippen molar-refractivity contribution in [3.05, 3.63) is 29.8 Å². The van der Waals surface area contributed by atoms with Gasteiger partial charge < -0.3 is 5.11 Å². The molecular weight excluding hydrogens is 230 g/mol. The minimum absolute atomic E-state index is 0.0145. The van der Waals surface area contributed by atoms with Crippen molar-refractivity contribution >= 4 is 15.9 Å². The van der Waals surface area contributed by atoms with Gasteiger partial charge in [-0.05, 0) is 19.1 Å². The zero-order valence-corrected chi connectivity index (χ0v) is 9.44. The second-order valence-corrected chi connectivity index (χ2v) is 5.52. The highest BCUT2D eigenvalue weighted by Crippen LogP contribution is 2.29. The maximum atomic E-state index is 11.9. The van der Waals surface area contributed by atoms with Crippen molar-refractivity contribution in [2.24, 2.45) is 0 Å². The van der Waals surface area contributed by atoms with Crippen molar-refractivity contribution in [1.82, 2.24) is 4.31 Å². The van der Waals surface area contributed by atoms with Crippen LogP contribution in [0.25, 0.3) is 0 Å². The van der Waals surface area contributed by atoms with Crippen molar-refractivity contribution in [3.63, 3.8) is 0 Å². The molecule has 0 radical (unpaired) electrons. The van der Waals surface area contributed by atoms with E-state index < -0.39 is 22.0 Å². The zero-order valence-electron chi connectivity index (χ0n) is 8.62. The number of rotatable bonds is 2. The number of hydrogen-bond acceptors (Lipinski definition) is 4. The Bertz CT molecular complexity index is 536. The monoisotopic (exact) mass is 241 g/mol. The van der Waals surface area contributed by atoms with Gasteiger partial charge in [-0.1, -0.05) is 12.1 Å². The number of nitrogens with zero attached hydrogens (tertiary/aromatic N) is 1. The van der Waals surface area contributed by atoms with Crippen LogP contribution in [0.2, 0.25) is 0 Å². The van der Waals surface area contributed by atoms with E-state index in [1.165, 1.54) is 19.1 Å². The molecule has 2 rings (SSSR count). The second-order valence-electron chi connectivity index (χ2n) is 3.69. The van der Waals surface area contributed by atoms with Gasteiger partial charge in [0.1, 0.15) is 4.90 Å². The van der Waals surface area contributed by atoms with E-state index in [0.29, 0.717) is 4.31 Å². The van der Waals surface area contributed by atoms with Gasteiger partial charge in [0, 0.05) is 0 Å². The van der Waals surface area contributed by atoms with Gasteiger partial charge in [0.2, 0.25) is 0 Å². The Balaban J connectivity index is 2.54. The number of amides is 1. The number of β-amino-alcohol motifs (C(OH)–C–C–N with tert-alkyl or cyclic N) is 1. The van der Waals surface area contributed by atoms with Gasteiger partial charge in [-0.25, -0.2) is 12.7 Å². The van der Waals surface area contributed by atoms with E-state index in [1.54, 1.807) is 12.1 Å². The number of carbonyl (C=O) groups is 1. The minimum atomic E-state index is -3.77. The summed E-state index contributed by atoms with van der Waals surface area (Å²) < 4.78 is 24.6. The molecule has 1 aromatic rings. The second kappa shape index (κ2) is 3.57. The largest absolute Gasteiger partial charge is 0.392 e. The zero-order chi connectivity index (χ0) is 11.9. The molecule has 0 aliphatic carbocycles. The van der Waals surface area contributed by atoms with Crippen molar-refractivity contribution in [2.45, 2.75) is 17.9 Å². The van der Waals surface area contributed by atoms with E-state index in [1.807, 2.05) is 0 Å². The quantitative estimate of drug-likeness (QED) is 0.803. The van der Waals surface area contributed by atoms with Crippen LogP contribution in [-0.2, 0) is 10.0 Å². The first-order valence-electron chi connectivity index (χ1n) is 4.79. The van der Waals surface area contributed by atoms with Crippen molar-refractivity contribution in [2.75, 3.05) is 6.54 Å². The molecule has 0 saturated carbocycles. The topological polar surface area (TPSA) is 74.7 Å². The van der Waals surface area contributed by atoms with Crippen LogP contribution in [0.4, 0.5) is 0 Å². The average Bonchev–Trinajstić information content (AvgIpc) is 2.41. The third-order valence-corrected chi connectivity index (χ3v) is 4.15. The van der Waals surface area contributed by atoms with E-state index in [4.69, 9.17) is 0 Å². The van der Waals surface area contributed by atoms with Gasteiger partial charge in [0.25, 0.3) is 15.9 Å². The van der Waals surface area contributed by atoms with Crippen LogP contribution in [0.15, 0.2) is 29.2 Å². The van der Waals surface area contributed by atoms with E-state index in [9.17, 15) is 18.3 Å². The fourth-order valence-electron chi connectivity index (χ4n) is 1.65. The Morgan fingerprint density at radius 3 is 2.56 bits per heavy atom. The number of sulfonamides is 1. The highest BCUT2D eigenvalue weighted by molar-refractivity contribution is 7.90. The number of benzene rings is 1. The summed E-state index contributed by atoms with van der Waals surface area (Å²) in [6.45, 7) is 1.22. The number of aliphatic hydroxyl groups is 1. The van der Waals surface area contributed by atoms with Crippen LogP contribution >= 0.6 is 0 Å². The lowest BCUT2D eigenvalue weighted by atomic mass is 10.2. The molecule has 1 aliphatic rings. The van der Waals surface area contributed by atoms with Gasteiger partial charge in [-0.2, -0.15) is 0 Å². The van der Waals surface area contributed by atoms with Crippen LogP contribution in [0, 0.1) is 0 Å². The fraction of sp³-hybridized carbons (Fsp3) is 0.300. The van der Waals surface area contributed by atoms with E-state index in [2.05, 4.69) is 0 Å². The Morgan fingerprint density at radius 1 is 1.38 bits per heavy atom. The lowest BCUT2D eigenvalue weighted by molar-refractivity contribution is 0.0809. The smallest absolute Gasteiger partial charge is 0.269 e. The Kier molecular flexibility index (Phi) is 2.47. The molecule has 0 bridgehead atoms. The summed E-state index contributed by atoms with van der Waals surface area (Å²) in [4.78, 5) is 11.8. The first-order valence-corrected chi connectivity index (χ1v) is 6.23. The SMILES string of the molecule is CC(O)CN1C(=O)c2ccccc2S1(=O)=O. The predicted molar refractivity (Wildman–Crippen MR) is 56.3 cm³/mol. The van der Waals surface area contributed by atoms with E-state index >= 15 is 0 Å². The Hall–Kier alpha value is -1.40. The molecule has 1 amide bonds. The van der Waals surface area contributed by atoms with Crippen molar-refractivity contribution in [3.8, 4) is 0 Å². The molecule has 1 aliphatic heterocycles. The molecule has 1 N–H and O–H groups in total. The molecule has 0 fully saturated rings. The van der Waals surface area contributed by atoms with Gasteiger partial charge in [0.15, 0.2) is 0 Å². The highest BCUT2D eigenvalue weighted by atomic mass is 32.2. The van der Waals surface area contributed by atoms with Crippen molar-refractivity contribution in [1.29, 1.82) is 0 Å². The third kappa shape index (κ3) is 1.50.